The number of aliphatic imine (C=N–C) groups is 1. The smallest absolute Gasteiger partial charge is 0.193 e. The number of nitrogens with zero attached hydrogens (tertiary/aromatic N) is 2. The molecule has 2 aromatic rings. The highest BCUT2D eigenvalue weighted by Crippen LogP contribution is 2.25. The van der Waals surface area contributed by atoms with E-state index in [0.717, 1.165) is 28.6 Å². The monoisotopic (exact) mass is 371 g/mol. The SMILES string of the molecule is CN=C(NCC(OC)c1ccccc1)N(C)Cc1ccc(OC)cc1OC. The molecule has 6 heteroatoms. The van der Waals surface area contributed by atoms with Crippen molar-refractivity contribution in [2.45, 2.75) is 12.6 Å². The van der Waals surface area contributed by atoms with E-state index >= 15 is 0 Å². The Morgan fingerprint density at radius 1 is 1.07 bits per heavy atom. The Bertz CT molecular complexity index is 735. The summed E-state index contributed by atoms with van der Waals surface area (Å²) in [5, 5.41) is 3.38. The Hall–Kier alpha value is -2.73. The third-order valence-corrected chi connectivity index (χ3v) is 4.38. The van der Waals surface area contributed by atoms with Gasteiger partial charge in [-0.2, -0.15) is 0 Å². The molecule has 0 fully saturated rings. The summed E-state index contributed by atoms with van der Waals surface area (Å²) >= 11 is 0. The molecule has 0 aliphatic heterocycles. The van der Waals surface area contributed by atoms with Crippen molar-refractivity contribution in [1.82, 2.24) is 10.2 Å². The van der Waals surface area contributed by atoms with Crippen molar-refractivity contribution < 1.29 is 14.2 Å². The highest BCUT2D eigenvalue weighted by molar-refractivity contribution is 5.79. The minimum absolute atomic E-state index is 0.0492. The van der Waals surface area contributed by atoms with Gasteiger partial charge in [-0.15, -0.1) is 0 Å². The van der Waals surface area contributed by atoms with Crippen LogP contribution in [0.2, 0.25) is 0 Å². The molecule has 0 bridgehead atoms. The van der Waals surface area contributed by atoms with Gasteiger partial charge in [0.15, 0.2) is 5.96 Å². The zero-order valence-corrected chi connectivity index (χ0v) is 16.7. The minimum atomic E-state index is -0.0492. The van der Waals surface area contributed by atoms with Crippen LogP contribution in [0.5, 0.6) is 11.5 Å². The number of hydrogen-bond acceptors (Lipinski definition) is 4. The van der Waals surface area contributed by atoms with E-state index < -0.39 is 0 Å². The molecule has 0 saturated carbocycles. The van der Waals surface area contributed by atoms with E-state index in [1.165, 1.54) is 0 Å². The zero-order chi connectivity index (χ0) is 19.6. The van der Waals surface area contributed by atoms with Crippen LogP contribution in [-0.2, 0) is 11.3 Å². The third kappa shape index (κ3) is 5.62. The quantitative estimate of drug-likeness (QED) is 0.571. The van der Waals surface area contributed by atoms with Crippen LogP contribution in [-0.4, -0.2) is 52.8 Å². The van der Waals surface area contributed by atoms with Gasteiger partial charge in [-0.25, -0.2) is 0 Å². The Balaban J connectivity index is 2.03. The van der Waals surface area contributed by atoms with Gasteiger partial charge in [-0.3, -0.25) is 4.99 Å². The molecule has 1 unspecified atom stereocenters. The predicted molar refractivity (Wildman–Crippen MR) is 109 cm³/mol. The fourth-order valence-corrected chi connectivity index (χ4v) is 2.89. The molecule has 0 heterocycles. The lowest BCUT2D eigenvalue weighted by molar-refractivity contribution is 0.106. The maximum Gasteiger partial charge on any atom is 0.193 e. The average Bonchev–Trinajstić information content (AvgIpc) is 2.72. The van der Waals surface area contributed by atoms with Crippen molar-refractivity contribution in [2.75, 3.05) is 42.0 Å². The van der Waals surface area contributed by atoms with Crippen molar-refractivity contribution in [3.63, 3.8) is 0 Å². The van der Waals surface area contributed by atoms with E-state index in [-0.39, 0.29) is 6.10 Å². The van der Waals surface area contributed by atoms with E-state index in [1.54, 1.807) is 28.4 Å². The van der Waals surface area contributed by atoms with E-state index in [2.05, 4.69) is 22.4 Å². The second kappa shape index (κ2) is 10.4. The standard InChI is InChI=1S/C21H29N3O3/c1-22-21(23-14-20(27-5)16-9-7-6-8-10-16)24(2)15-17-11-12-18(25-3)13-19(17)26-4/h6-13,20H,14-15H2,1-5H3,(H,22,23). The molecule has 2 rings (SSSR count). The molecule has 0 spiro atoms. The average molecular weight is 371 g/mol. The number of methoxy groups -OCH3 is 3. The van der Waals surface area contributed by atoms with Gasteiger partial charge in [0.1, 0.15) is 11.5 Å². The van der Waals surface area contributed by atoms with Crippen LogP contribution in [0.15, 0.2) is 53.5 Å². The van der Waals surface area contributed by atoms with Crippen LogP contribution in [0, 0.1) is 0 Å². The third-order valence-electron chi connectivity index (χ3n) is 4.38. The topological polar surface area (TPSA) is 55.3 Å². The van der Waals surface area contributed by atoms with Crippen molar-refractivity contribution in [2.24, 2.45) is 4.99 Å². The molecule has 6 nitrogen and oxygen atoms in total. The lowest BCUT2D eigenvalue weighted by Crippen LogP contribution is -2.40. The summed E-state index contributed by atoms with van der Waals surface area (Å²) in [6, 6.07) is 16.0. The highest BCUT2D eigenvalue weighted by Gasteiger charge is 2.14. The van der Waals surface area contributed by atoms with Gasteiger partial charge in [0.2, 0.25) is 0 Å². The molecule has 0 aliphatic rings. The molecular weight excluding hydrogens is 342 g/mol. The number of ether oxygens (including phenoxy) is 3. The molecule has 0 radical (unpaired) electrons. The summed E-state index contributed by atoms with van der Waals surface area (Å²) in [7, 11) is 8.78. The fourth-order valence-electron chi connectivity index (χ4n) is 2.89. The predicted octanol–water partition coefficient (Wildman–Crippen LogP) is 3.10. The summed E-state index contributed by atoms with van der Waals surface area (Å²) in [5.41, 5.74) is 2.18. The maximum absolute atomic E-state index is 5.62. The second-order valence-corrected chi connectivity index (χ2v) is 6.10. The Labute approximate surface area is 161 Å². The van der Waals surface area contributed by atoms with Crippen molar-refractivity contribution in [3.8, 4) is 11.5 Å². The summed E-state index contributed by atoms with van der Waals surface area (Å²) < 4.78 is 16.4. The van der Waals surface area contributed by atoms with Gasteiger partial charge in [0.25, 0.3) is 0 Å². The number of nitrogens with one attached hydrogen (secondary N) is 1. The molecule has 2 aromatic carbocycles. The lowest BCUT2D eigenvalue weighted by Gasteiger charge is -2.25. The summed E-state index contributed by atoms with van der Waals surface area (Å²) in [5.74, 6) is 2.34. The largest absolute Gasteiger partial charge is 0.497 e. The van der Waals surface area contributed by atoms with Crippen LogP contribution >= 0.6 is 0 Å². The Morgan fingerprint density at radius 3 is 2.41 bits per heavy atom. The van der Waals surface area contributed by atoms with Crippen LogP contribution in [0.25, 0.3) is 0 Å². The van der Waals surface area contributed by atoms with Crippen LogP contribution in [0.3, 0.4) is 0 Å². The summed E-state index contributed by atoms with van der Waals surface area (Å²) in [6.45, 7) is 1.27. The number of guanidine groups is 1. The minimum Gasteiger partial charge on any atom is -0.497 e. The molecule has 1 N–H and O–H groups in total. The summed E-state index contributed by atoms with van der Waals surface area (Å²) in [6.07, 6.45) is -0.0492. The van der Waals surface area contributed by atoms with Gasteiger partial charge in [0.05, 0.1) is 20.3 Å². The lowest BCUT2D eigenvalue weighted by atomic mass is 10.1. The maximum atomic E-state index is 5.62. The second-order valence-electron chi connectivity index (χ2n) is 6.10. The van der Waals surface area contributed by atoms with E-state index in [4.69, 9.17) is 14.2 Å². The van der Waals surface area contributed by atoms with Gasteiger partial charge in [0, 0.05) is 45.9 Å². The normalized spacial score (nSPS) is 12.4. The number of benzene rings is 2. The zero-order valence-electron chi connectivity index (χ0n) is 16.7. The summed E-state index contributed by atoms with van der Waals surface area (Å²) in [4.78, 5) is 6.43. The van der Waals surface area contributed by atoms with Crippen LogP contribution < -0.4 is 14.8 Å². The first-order valence-corrected chi connectivity index (χ1v) is 8.83. The number of rotatable bonds is 8. The first-order valence-electron chi connectivity index (χ1n) is 8.83. The van der Waals surface area contributed by atoms with E-state index in [1.807, 2.05) is 48.3 Å². The number of hydrogen-bond donors (Lipinski definition) is 1. The van der Waals surface area contributed by atoms with Crippen molar-refractivity contribution in [3.05, 3.63) is 59.7 Å². The highest BCUT2D eigenvalue weighted by atomic mass is 16.5. The Kier molecular flexibility index (Phi) is 7.95. The fraction of sp³-hybridized carbons (Fsp3) is 0.381. The molecule has 0 aliphatic carbocycles. The molecular formula is C21H29N3O3. The molecule has 146 valence electrons. The van der Waals surface area contributed by atoms with Gasteiger partial charge < -0.3 is 24.4 Å². The Morgan fingerprint density at radius 2 is 1.81 bits per heavy atom. The van der Waals surface area contributed by atoms with Crippen LogP contribution in [0.4, 0.5) is 0 Å². The van der Waals surface area contributed by atoms with Gasteiger partial charge in [-0.05, 0) is 17.7 Å². The molecule has 0 amide bonds. The first-order chi connectivity index (χ1) is 13.1. The van der Waals surface area contributed by atoms with Gasteiger partial charge >= 0.3 is 0 Å². The molecule has 27 heavy (non-hydrogen) atoms. The molecule has 0 aromatic heterocycles. The molecule has 0 saturated heterocycles. The van der Waals surface area contributed by atoms with Crippen LogP contribution in [0.1, 0.15) is 17.2 Å². The van der Waals surface area contributed by atoms with E-state index in [9.17, 15) is 0 Å². The van der Waals surface area contributed by atoms with Gasteiger partial charge in [-0.1, -0.05) is 30.3 Å². The first kappa shape index (κ1) is 20.6. The van der Waals surface area contributed by atoms with E-state index in [0.29, 0.717) is 13.1 Å². The van der Waals surface area contributed by atoms with Crippen molar-refractivity contribution in [1.29, 1.82) is 0 Å². The molecule has 1 atom stereocenters. The van der Waals surface area contributed by atoms with Crippen molar-refractivity contribution >= 4 is 5.96 Å².